The fraction of sp³-hybridized carbons (Fsp3) is 0.571. The van der Waals surface area contributed by atoms with Crippen molar-refractivity contribution >= 4 is 0 Å². The Morgan fingerprint density at radius 2 is 1.83 bits per heavy atom. The summed E-state index contributed by atoms with van der Waals surface area (Å²) in [5, 5.41) is 9.10. The van der Waals surface area contributed by atoms with E-state index in [-0.39, 0.29) is 31.0 Å². The molecule has 0 amide bonds. The first-order chi connectivity index (χ1) is 8.61. The molecule has 1 aromatic rings. The predicted octanol–water partition coefficient (Wildman–Crippen LogP) is 1.64. The number of rotatable bonds is 3. The van der Waals surface area contributed by atoms with Gasteiger partial charge in [-0.15, -0.1) is 0 Å². The lowest BCUT2D eigenvalue weighted by atomic mass is 10.0. The van der Waals surface area contributed by atoms with Crippen molar-refractivity contribution in [1.29, 1.82) is 0 Å². The van der Waals surface area contributed by atoms with Gasteiger partial charge in [-0.25, -0.2) is 0 Å². The average Bonchev–Trinajstić information content (AvgIpc) is 3.08. The Hall–Kier alpha value is -0.940. The largest absolute Gasteiger partial charge is 0.394 e. The number of aliphatic hydroxyl groups excluding tert-OH is 1. The zero-order chi connectivity index (χ0) is 12.8. The van der Waals surface area contributed by atoms with Crippen molar-refractivity contribution in [2.45, 2.75) is 44.1 Å². The van der Waals surface area contributed by atoms with Crippen LogP contribution < -0.4 is 0 Å². The van der Waals surface area contributed by atoms with Crippen LogP contribution in [0.15, 0.2) is 30.3 Å². The zero-order valence-electron chi connectivity index (χ0n) is 10.6. The molecule has 2 fully saturated rings. The molecule has 0 aliphatic carbocycles. The summed E-state index contributed by atoms with van der Waals surface area (Å²) in [4.78, 5) is 0. The van der Waals surface area contributed by atoms with Crippen LogP contribution >= 0.6 is 0 Å². The van der Waals surface area contributed by atoms with Crippen LogP contribution in [0.5, 0.6) is 0 Å². The SMILES string of the molecule is CC1(C)O[C@H]([C@H]2O[C@H]2CO)[C@@H](c2ccccc2)O1. The molecule has 4 heteroatoms. The van der Waals surface area contributed by atoms with Gasteiger partial charge in [0.2, 0.25) is 0 Å². The van der Waals surface area contributed by atoms with Crippen molar-refractivity contribution in [3.63, 3.8) is 0 Å². The molecule has 0 unspecified atom stereocenters. The summed E-state index contributed by atoms with van der Waals surface area (Å²) < 4.78 is 17.3. The second-order valence-corrected chi connectivity index (χ2v) is 5.25. The summed E-state index contributed by atoms with van der Waals surface area (Å²) in [7, 11) is 0. The van der Waals surface area contributed by atoms with Gasteiger partial charge in [0.1, 0.15) is 24.4 Å². The molecule has 1 N–H and O–H groups in total. The van der Waals surface area contributed by atoms with Gasteiger partial charge in [-0.05, 0) is 19.4 Å². The molecule has 4 atom stereocenters. The van der Waals surface area contributed by atoms with Gasteiger partial charge < -0.3 is 19.3 Å². The molecule has 2 aliphatic heterocycles. The van der Waals surface area contributed by atoms with Crippen molar-refractivity contribution in [2.75, 3.05) is 6.61 Å². The Labute approximate surface area is 106 Å². The van der Waals surface area contributed by atoms with Gasteiger partial charge in [0, 0.05) is 0 Å². The molecular weight excluding hydrogens is 232 g/mol. The first-order valence-corrected chi connectivity index (χ1v) is 6.27. The zero-order valence-corrected chi connectivity index (χ0v) is 10.6. The minimum atomic E-state index is -0.614. The van der Waals surface area contributed by atoms with E-state index in [0.717, 1.165) is 5.56 Å². The van der Waals surface area contributed by atoms with Crippen LogP contribution in [0, 0.1) is 0 Å². The second kappa shape index (κ2) is 4.31. The molecule has 4 nitrogen and oxygen atoms in total. The van der Waals surface area contributed by atoms with Gasteiger partial charge in [-0.3, -0.25) is 0 Å². The van der Waals surface area contributed by atoms with Crippen LogP contribution in [-0.4, -0.2) is 35.8 Å². The summed E-state index contributed by atoms with van der Waals surface area (Å²) in [5.74, 6) is -0.614. The van der Waals surface area contributed by atoms with Crippen molar-refractivity contribution < 1.29 is 19.3 Å². The Morgan fingerprint density at radius 3 is 2.44 bits per heavy atom. The van der Waals surface area contributed by atoms with E-state index in [1.807, 2.05) is 44.2 Å². The predicted molar refractivity (Wildman–Crippen MR) is 65.0 cm³/mol. The highest BCUT2D eigenvalue weighted by Crippen LogP contribution is 2.44. The molecule has 0 aromatic heterocycles. The molecular formula is C14H18O4. The molecule has 2 heterocycles. The van der Waals surface area contributed by atoms with Crippen LogP contribution in [0.25, 0.3) is 0 Å². The van der Waals surface area contributed by atoms with Gasteiger partial charge in [0.15, 0.2) is 5.79 Å². The van der Waals surface area contributed by atoms with E-state index in [1.165, 1.54) is 0 Å². The maximum Gasteiger partial charge on any atom is 0.164 e. The van der Waals surface area contributed by atoms with Crippen LogP contribution in [0.1, 0.15) is 25.5 Å². The van der Waals surface area contributed by atoms with Gasteiger partial charge >= 0.3 is 0 Å². The third-order valence-corrected chi connectivity index (χ3v) is 3.38. The topological polar surface area (TPSA) is 51.2 Å². The van der Waals surface area contributed by atoms with E-state index in [4.69, 9.17) is 19.3 Å². The summed E-state index contributed by atoms with van der Waals surface area (Å²) in [6.07, 6.45) is -0.469. The maximum atomic E-state index is 9.10. The number of epoxide rings is 1. The van der Waals surface area contributed by atoms with Gasteiger partial charge in [-0.2, -0.15) is 0 Å². The van der Waals surface area contributed by atoms with Crippen LogP contribution in [-0.2, 0) is 14.2 Å². The van der Waals surface area contributed by atoms with Gasteiger partial charge in [0.25, 0.3) is 0 Å². The molecule has 2 saturated heterocycles. The Bertz CT molecular complexity index is 417. The third kappa shape index (κ3) is 2.17. The lowest BCUT2D eigenvalue weighted by Crippen LogP contribution is -2.26. The summed E-state index contributed by atoms with van der Waals surface area (Å²) in [6, 6.07) is 10.00. The Balaban J connectivity index is 1.83. The van der Waals surface area contributed by atoms with Gasteiger partial charge in [0.05, 0.1) is 6.61 Å². The standard InChI is InChI=1S/C14H18O4/c1-14(2)17-11(9-6-4-3-5-7-9)13(18-14)12-10(8-15)16-12/h3-7,10-13,15H,8H2,1-2H3/t10-,11+,12-,13-/m0/s1. The van der Waals surface area contributed by atoms with E-state index in [0.29, 0.717) is 0 Å². The fourth-order valence-corrected chi connectivity index (χ4v) is 2.52. The molecule has 98 valence electrons. The van der Waals surface area contributed by atoms with E-state index < -0.39 is 5.79 Å². The quantitative estimate of drug-likeness (QED) is 0.829. The molecule has 3 rings (SSSR count). The van der Waals surface area contributed by atoms with Crippen molar-refractivity contribution in [2.24, 2.45) is 0 Å². The van der Waals surface area contributed by atoms with Gasteiger partial charge in [-0.1, -0.05) is 30.3 Å². The third-order valence-electron chi connectivity index (χ3n) is 3.38. The summed E-state index contributed by atoms with van der Waals surface area (Å²) >= 11 is 0. The molecule has 18 heavy (non-hydrogen) atoms. The van der Waals surface area contributed by atoms with Crippen LogP contribution in [0.2, 0.25) is 0 Å². The lowest BCUT2D eigenvalue weighted by Gasteiger charge is -2.16. The monoisotopic (exact) mass is 250 g/mol. The number of benzene rings is 1. The summed E-state index contributed by atoms with van der Waals surface area (Å²) in [5.41, 5.74) is 1.08. The maximum absolute atomic E-state index is 9.10. The van der Waals surface area contributed by atoms with Crippen molar-refractivity contribution in [1.82, 2.24) is 0 Å². The highest BCUT2D eigenvalue weighted by Gasteiger charge is 2.55. The number of hydrogen-bond donors (Lipinski definition) is 1. The van der Waals surface area contributed by atoms with Crippen molar-refractivity contribution in [3.8, 4) is 0 Å². The molecule has 0 saturated carbocycles. The fourth-order valence-electron chi connectivity index (χ4n) is 2.52. The second-order valence-electron chi connectivity index (χ2n) is 5.25. The minimum absolute atomic E-state index is 0.0342. The van der Waals surface area contributed by atoms with Crippen LogP contribution in [0.4, 0.5) is 0 Å². The molecule has 1 aromatic carbocycles. The molecule has 2 aliphatic rings. The average molecular weight is 250 g/mol. The highest BCUT2D eigenvalue weighted by molar-refractivity contribution is 5.21. The van der Waals surface area contributed by atoms with E-state index in [2.05, 4.69) is 0 Å². The van der Waals surface area contributed by atoms with E-state index >= 15 is 0 Å². The molecule has 0 bridgehead atoms. The molecule has 0 spiro atoms. The number of hydrogen-bond acceptors (Lipinski definition) is 4. The Kier molecular flexibility index (Phi) is 2.90. The van der Waals surface area contributed by atoms with E-state index in [1.54, 1.807) is 0 Å². The lowest BCUT2D eigenvalue weighted by molar-refractivity contribution is -0.148. The first kappa shape index (κ1) is 12.1. The normalized spacial score (nSPS) is 37.7. The number of ether oxygens (including phenoxy) is 3. The minimum Gasteiger partial charge on any atom is -0.394 e. The molecule has 0 radical (unpaired) electrons. The Morgan fingerprint density at radius 1 is 1.11 bits per heavy atom. The van der Waals surface area contributed by atoms with Crippen LogP contribution in [0.3, 0.4) is 0 Å². The number of aliphatic hydroxyl groups is 1. The summed E-state index contributed by atoms with van der Waals surface area (Å²) in [6.45, 7) is 3.84. The first-order valence-electron chi connectivity index (χ1n) is 6.27. The van der Waals surface area contributed by atoms with Crippen molar-refractivity contribution in [3.05, 3.63) is 35.9 Å². The van der Waals surface area contributed by atoms with E-state index in [9.17, 15) is 0 Å². The highest BCUT2D eigenvalue weighted by atomic mass is 16.8. The smallest absolute Gasteiger partial charge is 0.164 e.